The van der Waals surface area contributed by atoms with Crippen LogP contribution in [0.2, 0.25) is 20.1 Å². The van der Waals surface area contributed by atoms with Gasteiger partial charge in [0.25, 0.3) is 0 Å². The van der Waals surface area contributed by atoms with E-state index in [1.807, 2.05) is 48.5 Å². The summed E-state index contributed by atoms with van der Waals surface area (Å²) in [7, 11) is 0. The van der Waals surface area contributed by atoms with E-state index in [9.17, 15) is 14.7 Å². The third kappa shape index (κ3) is 5.10. The summed E-state index contributed by atoms with van der Waals surface area (Å²) in [6.45, 7) is 1.43. The van der Waals surface area contributed by atoms with Gasteiger partial charge >= 0.3 is 5.63 Å². The minimum atomic E-state index is -0.788. The molecule has 0 fully saturated rings. The minimum absolute atomic E-state index is 0.0139. The number of thiophene rings is 1. The molecule has 9 heteroatoms. The standard InChI is InChI=1S/C33H20Cl4O4S/c1-16(38)13-22(18-7-11-23(34)25(36)14-18)28-29(39)21-10-9-20-27(19-8-12-24(35)26(37)15-19)31(17-5-3-2-4-6-17)42-32(20)30(21)41-33(28)40/h2-12,14-15,22,39H,13H2,1H3. The molecule has 0 saturated carbocycles. The van der Waals surface area contributed by atoms with Crippen LogP contribution in [0.5, 0.6) is 5.75 Å². The van der Waals surface area contributed by atoms with Crippen LogP contribution in [0.4, 0.5) is 0 Å². The van der Waals surface area contributed by atoms with Crippen molar-refractivity contribution < 1.29 is 14.3 Å². The van der Waals surface area contributed by atoms with E-state index in [4.69, 9.17) is 50.8 Å². The van der Waals surface area contributed by atoms with Gasteiger partial charge in [0.1, 0.15) is 11.5 Å². The lowest BCUT2D eigenvalue weighted by atomic mass is 9.87. The molecule has 1 N–H and O–H groups in total. The molecule has 0 aliphatic heterocycles. The van der Waals surface area contributed by atoms with Crippen LogP contribution in [-0.4, -0.2) is 10.9 Å². The highest BCUT2D eigenvalue weighted by Gasteiger charge is 2.28. The van der Waals surface area contributed by atoms with Crippen LogP contribution < -0.4 is 5.63 Å². The fourth-order valence-electron chi connectivity index (χ4n) is 5.25. The van der Waals surface area contributed by atoms with Crippen molar-refractivity contribution in [2.75, 3.05) is 0 Å². The van der Waals surface area contributed by atoms with Gasteiger partial charge in [-0.25, -0.2) is 4.79 Å². The molecule has 0 aliphatic carbocycles. The lowest BCUT2D eigenvalue weighted by Crippen LogP contribution is -2.16. The average molecular weight is 654 g/mol. The highest BCUT2D eigenvalue weighted by molar-refractivity contribution is 7.24. The number of fused-ring (bicyclic) bond motifs is 3. The molecule has 6 rings (SSSR count). The maximum Gasteiger partial charge on any atom is 0.343 e. The van der Waals surface area contributed by atoms with Gasteiger partial charge in [-0.05, 0) is 53.9 Å². The molecule has 2 heterocycles. The summed E-state index contributed by atoms with van der Waals surface area (Å²) in [5, 5.41) is 14.2. The number of carbonyl (C=O) groups is 1. The molecule has 0 amide bonds. The quantitative estimate of drug-likeness (QED) is 0.182. The largest absolute Gasteiger partial charge is 0.507 e. The lowest BCUT2D eigenvalue weighted by Gasteiger charge is -2.18. The maximum absolute atomic E-state index is 13.6. The van der Waals surface area contributed by atoms with E-state index in [0.29, 0.717) is 30.7 Å². The zero-order valence-corrected chi connectivity index (χ0v) is 25.7. The van der Waals surface area contributed by atoms with Crippen LogP contribution in [0.1, 0.15) is 30.4 Å². The van der Waals surface area contributed by atoms with Gasteiger partial charge in [-0.3, -0.25) is 4.79 Å². The second-order valence-corrected chi connectivity index (χ2v) is 12.6. The monoisotopic (exact) mass is 652 g/mol. The molecule has 2 aromatic heterocycles. The zero-order chi connectivity index (χ0) is 29.7. The molecule has 0 radical (unpaired) electrons. The van der Waals surface area contributed by atoms with E-state index in [1.165, 1.54) is 18.3 Å². The summed E-state index contributed by atoms with van der Waals surface area (Å²) in [4.78, 5) is 26.9. The van der Waals surface area contributed by atoms with Crippen LogP contribution in [0.25, 0.3) is 42.6 Å². The molecule has 0 aliphatic rings. The molecule has 0 bridgehead atoms. The first kappa shape index (κ1) is 28.8. The van der Waals surface area contributed by atoms with Crippen molar-refractivity contribution in [3.63, 3.8) is 0 Å². The Bertz CT molecular complexity index is 2080. The fraction of sp³-hybridized carbons (Fsp3) is 0.0909. The van der Waals surface area contributed by atoms with Crippen molar-refractivity contribution in [2.45, 2.75) is 19.3 Å². The molecule has 0 saturated heterocycles. The molecule has 6 aromatic rings. The van der Waals surface area contributed by atoms with E-state index in [2.05, 4.69) is 0 Å². The first-order valence-corrected chi connectivity index (χ1v) is 15.2. The molecule has 4 nitrogen and oxygen atoms in total. The number of Topliss-reactive ketones (excluding diaryl/α,β-unsaturated/α-hetero) is 1. The van der Waals surface area contributed by atoms with Gasteiger partial charge in [0.05, 0.1) is 35.7 Å². The van der Waals surface area contributed by atoms with Gasteiger partial charge in [-0.15, -0.1) is 11.3 Å². The summed E-state index contributed by atoms with van der Waals surface area (Å²) in [5.41, 5.74) is 2.78. The number of halogens is 4. The van der Waals surface area contributed by atoms with Gasteiger partial charge in [-0.2, -0.15) is 0 Å². The summed E-state index contributed by atoms with van der Waals surface area (Å²) in [5.74, 6) is -1.20. The first-order chi connectivity index (χ1) is 20.1. The third-order valence-corrected chi connectivity index (χ3v) is 9.90. The minimum Gasteiger partial charge on any atom is -0.507 e. The highest BCUT2D eigenvalue weighted by atomic mass is 35.5. The predicted molar refractivity (Wildman–Crippen MR) is 174 cm³/mol. The molecular formula is C33H20Cl4O4S. The number of carbonyl (C=O) groups excluding carboxylic acids is 1. The summed E-state index contributed by atoms with van der Waals surface area (Å²) in [6.07, 6.45) is -0.0390. The summed E-state index contributed by atoms with van der Waals surface area (Å²) in [6, 6.07) is 23.8. The van der Waals surface area contributed by atoms with Crippen LogP contribution in [-0.2, 0) is 4.79 Å². The maximum atomic E-state index is 13.6. The van der Waals surface area contributed by atoms with E-state index >= 15 is 0 Å². The summed E-state index contributed by atoms with van der Waals surface area (Å²) >= 11 is 26.5. The van der Waals surface area contributed by atoms with Crippen LogP contribution in [0.3, 0.4) is 0 Å². The second-order valence-electron chi connectivity index (χ2n) is 9.90. The van der Waals surface area contributed by atoms with E-state index in [1.54, 1.807) is 30.3 Å². The van der Waals surface area contributed by atoms with E-state index < -0.39 is 11.5 Å². The third-order valence-electron chi connectivity index (χ3n) is 7.17. The van der Waals surface area contributed by atoms with E-state index in [-0.39, 0.29) is 34.1 Å². The Morgan fingerprint density at radius 3 is 2.17 bits per heavy atom. The highest BCUT2D eigenvalue weighted by Crippen LogP contribution is 2.49. The van der Waals surface area contributed by atoms with Crippen molar-refractivity contribution in [1.82, 2.24) is 0 Å². The number of ketones is 1. The van der Waals surface area contributed by atoms with Crippen molar-refractivity contribution >= 4 is 84.6 Å². The van der Waals surface area contributed by atoms with Crippen LogP contribution in [0.15, 0.2) is 88.1 Å². The van der Waals surface area contributed by atoms with Crippen molar-refractivity contribution in [1.29, 1.82) is 0 Å². The molecule has 1 unspecified atom stereocenters. The van der Waals surface area contributed by atoms with Crippen LogP contribution >= 0.6 is 57.7 Å². The predicted octanol–water partition coefficient (Wildman–Crippen LogP) is 10.8. The molecular weight excluding hydrogens is 634 g/mol. The number of hydrogen-bond acceptors (Lipinski definition) is 5. The lowest BCUT2D eigenvalue weighted by molar-refractivity contribution is -0.117. The Morgan fingerprint density at radius 1 is 0.833 bits per heavy atom. The number of rotatable bonds is 6. The Balaban J connectivity index is 1.63. The van der Waals surface area contributed by atoms with Crippen LogP contribution in [0, 0.1) is 0 Å². The van der Waals surface area contributed by atoms with E-state index in [0.717, 1.165) is 27.0 Å². The molecule has 42 heavy (non-hydrogen) atoms. The fourth-order valence-corrected chi connectivity index (χ4v) is 7.17. The first-order valence-electron chi connectivity index (χ1n) is 12.8. The second kappa shape index (κ2) is 11.4. The SMILES string of the molecule is CC(=O)CC(c1ccc(Cl)c(Cl)c1)c1c(O)c2ccc3c(-c4ccc(Cl)c(Cl)c4)c(-c4ccccc4)sc3c2oc1=O. The van der Waals surface area contributed by atoms with Gasteiger partial charge in [0.15, 0.2) is 5.58 Å². The number of aromatic hydroxyl groups is 1. The van der Waals surface area contributed by atoms with Gasteiger partial charge < -0.3 is 9.52 Å². The summed E-state index contributed by atoms with van der Waals surface area (Å²) < 4.78 is 6.67. The van der Waals surface area contributed by atoms with Crippen molar-refractivity contribution in [3.05, 3.63) is 121 Å². The Morgan fingerprint density at radius 2 is 1.50 bits per heavy atom. The zero-order valence-electron chi connectivity index (χ0n) is 21.9. The molecule has 4 aromatic carbocycles. The normalized spacial score (nSPS) is 12.2. The van der Waals surface area contributed by atoms with Gasteiger partial charge in [0.2, 0.25) is 0 Å². The Labute approximate surface area is 264 Å². The number of benzene rings is 4. The molecule has 0 spiro atoms. The van der Waals surface area contributed by atoms with Crippen molar-refractivity contribution in [2.24, 2.45) is 0 Å². The molecule has 210 valence electrons. The number of hydrogen-bond donors (Lipinski definition) is 1. The van der Waals surface area contributed by atoms with Gasteiger partial charge in [-0.1, -0.05) is 94.9 Å². The topological polar surface area (TPSA) is 67.5 Å². The van der Waals surface area contributed by atoms with Crippen molar-refractivity contribution in [3.8, 4) is 27.3 Å². The average Bonchev–Trinajstić information content (AvgIpc) is 3.36. The van der Waals surface area contributed by atoms with Gasteiger partial charge in [0, 0.05) is 28.2 Å². The molecule has 1 atom stereocenters. The smallest absolute Gasteiger partial charge is 0.343 e. The Hall–Kier alpha value is -3.32. The Kier molecular flexibility index (Phi) is 7.81.